The van der Waals surface area contributed by atoms with Crippen LogP contribution in [0.3, 0.4) is 0 Å². The molecule has 5 heteroatoms. The van der Waals surface area contributed by atoms with Gasteiger partial charge in [0.05, 0.1) is 5.54 Å². The molecule has 0 bridgehead atoms. The molecule has 0 radical (unpaired) electrons. The number of nitrogens with zero attached hydrogens (tertiary/aromatic N) is 3. The van der Waals surface area contributed by atoms with Crippen LogP contribution in [0.5, 0.6) is 0 Å². The van der Waals surface area contributed by atoms with E-state index in [0.29, 0.717) is 11.6 Å². The Labute approximate surface area is 138 Å². The average molecular weight is 317 g/mol. The van der Waals surface area contributed by atoms with Gasteiger partial charge in [0.2, 0.25) is 0 Å². The predicted molar refractivity (Wildman–Crippen MR) is 89.5 cm³/mol. The maximum Gasteiger partial charge on any atom is 0.272 e. The van der Waals surface area contributed by atoms with E-state index in [4.69, 9.17) is 4.74 Å². The van der Waals surface area contributed by atoms with Crippen molar-refractivity contribution >= 4 is 5.91 Å². The minimum Gasteiger partial charge on any atom is -0.381 e. The molecular weight excluding hydrogens is 290 g/mol. The van der Waals surface area contributed by atoms with E-state index in [2.05, 4.69) is 16.9 Å². The third kappa shape index (κ3) is 3.26. The van der Waals surface area contributed by atoms with Crippen molar-refractivity contribution in [3.8, 4) is 0 Å². The topological polar surface area (TPSA) is 45.7 Å². The first-order valence-corrected chi connectivity index (χ1v) is 8.56. The average Bonchev–Trinajstić information content (AvgIpc) is 2.51. The Morgan fingerprint density at radius 2 is 2.22 bits per heavy atom. The molecule has 0 N–H and O–H groups in total. The van der Waals surface area contributed by atoms with Crippen molar-refractivity contribution in [1.82, 2.24) is 14.8 Å². The summed E-state index contributed by atoms with van der Waals surface area (Å²) >= 11 is 0. The molecule has 3 rings (SSSR count). The Kier molecular flexibility index (Phi) is 4.69. The molecule has 1 spiro atoms. The van der Waals surface area contributed by atoms with E-state index >= 15 is 0 Å². The molecule has 1 aromatic rings. The highest BCUT2D eigenvalue weighted by molar-refractivity contribution is 5.93. The highest BCUT2D eigenvalue weighted by atomic mass is 16.5. The zero-order chi connectivity index (χ0) is 16.4. The second-order valence-electron chi connectivity index (χ2n) is 6.99. The second-order valence-corrected chi connectivity index (χ2v) is 6.99. The Balaban J connectivity index is 1.62. The molecule has 0 saturated carbocycles. The molecule has 2 aliphatic rings. The number of amides is 1. The fraction of sp³-hybridized carbons (Fsp3) is 0.667. The lowest BCUT2D eigenvalue weighted by Crippen LogP contribution is -2.72. The minimum atomic E-state index is 0.0552. The van der Waals surface area contributed by atoms with Gasteiger partial charge in [0.1, 0.15) is 5.69 Å². The summed E-state index contributed by atoms with van der Waals surface area (Å²) in [5.41, 5.74) is 1.58. The fourth-order valence-electron chi connectivity index (χ4n) is 3.84. The summed E-state index contributed by atoms with van der Waals surface area (Å²) in [5, 5.41) is 0. The van der Waals surface area contributed by atoms with Gasteiger partial charge in [-0.1, -0.05) is 6.07 Å². The van der Waals surface area contributed by atoms with Gasteiger partial charge in [0.15, 0.2) is 0 Å². The van der Waals surface area contributed by atoms with Gasteiger partial charge in [-0.25, -0.2) is 4.98 Å². The van der Waals surface area contributed by atoms with Gasteiger partial charge in [-0.2, -0.15) is 0 Å². The molecule has 2 aliphatic heterocycles. The summed E-state index contributed by atoms with van der Waals surface area (Å²) in [5.74, 6) is 0.667. The molecule has 23 heavy (non-hydrogen) atoms. The minimum absolute atomic E-state index is 0.0552. The first kappa shape index (κ1) is 16.4. The quantitative estimate of drug-likeness (QED) is 0.852. The number of likely N-dealkylation sites (tertiary alicyclic amines) is 2. The molecule has 1 amide bonds. The Hall–Kier alpha value is -1.46. The van der Waals surface area contributed by atoms with Crippen LogP contribution >= 0.6 is 0 Å². The van der Waals surface area contributed by atoms with E-state index in [1.165, 1.54) is 6.42 Å². The Bertz CT molecular complexity index is 567. The smallest absolute Gasteiger partial charge is 0.272 e. The van der Waals surface area contributed by atoms with Gasteiger partial charge in [-0.3, -0.25) is 9.69 Å². The molecule has 5 nitrogen and oxygen atoms in total. The zero-order valence-electron chi connectivity index (χ0n) is 14.4. The van der Waals surface area contributed by atoms with Crippen LogP contribution < -0.4 is 0 Å². The SMILES string of the molecule is CCOCC1CCN(C)C2(C1)CN(C(=O)c1cccc(C)n1)C2. The van der Waals surface area contributed by atoms with E-state index < -0.39 is 0 Å². The number of rotatable bonds is 4. The number of ether oxygens (including phenoxy) is 1. The summed E-state index contributed by atoms with van der Waals surface area (Å²) < 4.78 is 5.62. The Morgan fingerprint density at radius 3 is 2.91 bits per heavy atom. The van der Waals surface area contributed by atoms with E-state index in [0.717, 1.165) is 45.0 Å². The number of carbonyl (C=O) groups excluding carboxylic acids is 1. The lowest BCUT2D eigenvalue weighted by Gasteiger charge is -2.58. The lowest BCUT2D eigenvalue weighted by molar-refractivity contribution is -0.0753. The van der Waals surface area contributed by atoms with Crippen molar-refractivity contribution in [2.45, 2.75) is 32.2 Å². The molecular formula is C18H27N3O2. The number of aromatic nitrogens is 1. The maximum absolute atomic E-state index is 12.6. The lowest BCUT2D eigenvalue weighted by atomic mass is 9.75. The van der Waals surface area contributed by atoms with Crippen LogP contribution in [0, 0.1) is 12.8 Å². The first-order valence-electron chi connectivity index (χ1n) is 8.56. The monoisotopic (exact) mass is 317 g/mol. The summed E-state index contributed by atoms with van der Waals surface area (Å²) in [6.07, 6.45) is 2.31. The summed E-state index contributed by atoms with van der Waals surface area (Å²) in [7, 11) is 2.18. The number of hydrogen-bond acceptors (Lipinski definition) is 4. The van der Waals surface area contributed by atoms with E-state index in [1.807, 2.05) is 36.9 Å². The fourth-order valence-corrected chi connectivity index (χ4v) is 3.84. The third-order valence-electron chi connectivity index (χ3n) is 5.27. The molecule has 0 aromatic carbocycles. The second kappa shape index (κ2) is 6.57. The largest absolute Gasteiger partial charge is 0.381 e. The van der Waals surface area contributed by atoms with Crippen LogP contribution in [-0.4, -0.2) is 66.1 Å². The van der Waals surface area contributed by atoms with Crippen molar-refractivity contribution < 1.29 is 9.53 Å². The first-order chi connectivity index (χ1) is 11.0. The van der Waals surface area contributed by atoms with Crippen LogP contribution in [0.25, 0.3) is 0 Å². The summed E-state index contributed by atoms with van der Waals surface area (Å²) in [4.78, 5) is 21.3. The van der Waals surface area contributed by atoms with E-state index in [-0.39, 0.29) is 11.4 Å². The van der Waals surface area contributed by atoms with Gasteiger partial charge in [0.25, 0.3) is 5.91 Å². The van der Waals surface area contributed by atoms with Gasteiger partial charge < -0.3 is 9.64 Å². The maximum atomic E-state index is 12.6. The molecule has 0 aliphatic carbocycles. The third-order valence-corrected chi connectivity index (χ3v) is 5.27. The molecule has 126 valence electrons. The number of aryl methyl sites for hydroxylation is 1. The summed E-state index contributed by atoms with van der Waals surface area (Å²) in [6.45, 7) is 8.29. The van der Waals surface area contributed by atoms with Crippen LogP contribution in [0.4, 0.5) is 0 Å². The highest BCUT2D eigenvalue weighted by Gasteiger charge is 2.51. The van der Waals surface area contributed by atoms with Gasteiger partial charge in [0, 0.05) is 32.0 Å². The van der Waals surface area contributed by atoms with E-state index in [1.54, 1.807) is 0 Å². The molecule has 2 saturated heterocycles. The van der Waals surface area contributed by atoms with Crippen molar-refractivity contribution in [2.24, 2.45) is 5.92 Å². The van der Waals surface area contributed by atoms with Crippen LogP contribution in [0.15, 0.2) is 18.2 Å². The molecule has 1 unspecified atom stereocenters. The molecule has 2 fully saturated rings. The molecule has 1 aromatic heterocycles. The van der Waals surface area contributed by atoms with Crippen molar-refractivity contribution in [3.63, 3.8) is 0 Å². The van der Waals surface area contributed by atoms with Crippen LogP contribution in [0.1, 0.15) is 35.9 Å². The van der Waals surface area contributed by atoms with Gasteiger partial charge in [-0.05, 0) is 58.3 Å². The number of hydrogen-bond donors (Lipinski definition) is 0. The van der Waals surface area contributed by atoms with Crippen LogP contribution in [-0.2, 0) is 4.74 Å². The highest BCUT2D eigenvalue weighted by Crippen LogP contribution is 2.38. The van der Waals surface area contributed by atoms with Gasteiger partial charge >= 0.3 is 0 Å². The molecule has 3 heterocycles. The van der Waals surface area contributed by atoms with Crippen LogP contribution in [0.2, 0.25) is 0 Å². The Morgan fingerprint density at radius 1 is 1.43 bits per heavy atom. The number of pyridine rings is 1. The molecule has 1 atom stereocenters. The summed E-state index contributed by atoms with van der Waals surface area (Å²) in [6, 6.07) is 5.63. The van der Waals surface area contributed by atoms with Gasteiger partial charge in [-0.15, -0.1) is 0 Å². The normalized spacial score (nSPS) is 23.8. The number of piperidine rings is 1. The zero-order valence-corrected chi connectivity index (χ0v) is 14.4. The van der Waals surface area contributed by atoms with E-state index in [9.17, 15) is 4.79 Å². The number of likely N-dealkylation sites (N-methyl/N-ethyl adjacent to an activating group) is 1. The van der Waals surface area contributed by atoms with Crippen molar-refractivity contribution in [3.05, 3.63) is 29.6 Å². The van der Waals surface area contributed by atoms with Crippen molar-refractivity contribution in [2.75, 3.05) is 39.9 Å². The predicted octanol–water partition coefficient (Wildman–Crippen LogP) is 1.96. The van der Waals surface area contributed by atoms with Crippen molar-refractivity contribution in [1.29, 1.82) is 0 Å². The number of carbonyl (C=O) groups is 1. The standard InChI is InChI=1S/C18H27N3O2/c1-4-23-11-15-8-9-20(3)18(10-15)12-21(13-18)17(22)16-7-5-6-14(2)19-16/h5-7,15H,4,8-13H2,1-3H3.